The molecule has 23 heavy (non-hydrogen) atoms. The van der Waals surface area contributed by atoms with Crippen LogP contribution in [0.3, 0.4) is 0 Å². The zero-order valence-electron chi connectivity index (χ0n) is 15.1. The van der Waals surface area contributed by atoms with Crippen molar-refractivity contribution in [3.63, 3.8) is 0 Å². The van der Waals surface area contributed by atoms with E-state index in [0.29, 0.717) is 6.42 Å². The Balaban J connectivity index is 3.50. The van der Waals surface area contributed by atoms with Crippen molar-refractivity contribution >= 4 is 11.9 Å². The maximum Gasteiger partial charge on any atom is 0.303 e. The first-order valence-electron chi connectivity index (χ1n) is 9.45. The van der Waals surface area contributed by atoms with Crippen LogP contribution in [0.4, 0.5) is 0 Å². The van der Waals surface area contributed by atoms with E-state index in [1.54, 1.807) is 0 Å². The van der Waals surface area contributed by atoms with Crippen molar-refractivity contribution in [3.05, 3.63) is 0 Å². The Kier molecular flexibility index (Phi) is 15.1. The molecule has 0 rings (SSSR count). The summed E-state index contributed by atoms with van der Waals surface area (Å²) >= 11 is 0. The number of carboxylic acid groups (broad SMARTS) is 1. The third kappa shape index (κ3) is 17.1. The molecule has 4 nitrogen and oxygen atoms in total. The molecule has 1 unspecified atom stereocenters. The molecule has 0 spiro atoms. The number of rotatable bonds is 16. The summed E-state index contributed by atoms with van der Waals surface area (Å²) in [6.07, 6.45) is 14.9. The highest BCUT2D eigenvalue weighted by molar-refractivity contribution is 5.66. The van der Waals surface area contributed by atoms with E-state index in [1.165, 1.54) is 45.4 Å². The molecule has 0 aliphatic heterocycles. The van der Waals surface area contributed by atoms with Crippen LogP contribution in [0.25, 0.3) is 0 Å². The van der Waals surface area contributed by atoms with Gasteiger partial charge in [-0.05, 0) is 32.1 Å². The molecule has 0 saturated carbocycles. The van der Waals surface area contributed by atoms with Gasteiger partial charge in [0.15, 0.2) is 0 Å². The quantitative estimate of drug-likeness (QED) is 0.301. The topological polar surface area (TPSA) is 63.6 Å². The van der Waals surface area contributed by atoms with Gasteiger partial charge in [0.05, 0.1) is 0 Å². The summed E-state index contributed by atoms with van der Waals surface area (Å²) in [5, 5.41) is 8.55. The number of carbonyl (C=O) groups excluding carboxylic acids is 1. The molecule has 0 aromatic heterocycles. The summed E-state index contributed by atoms with van der Waals surface area (Å²) in [5.74, 6) is -0.848. The predicted octanol–water partition coefficient (Wildman–Crippen LogP) is 5.48. The lowest BCUT2D eigenvalue weighted by atomic mass is 10.0. The molecule has 1 atom stereocenters. The number of hydrogen-bond acceptors (Lipinski definition) is 3. The summed E-state index contributed by atoms with van der Waals surface area (Å²) in [6, 6.07) is 0. The van der Waals surface area contributed by atoms with Crippen molar-refractivity contribution in [2.75, 3.05) is 0 Å². The van der Waals surface area contributed by atoms with Gasteiger partial charge in [-0.1, -0.05) is 58.3 Å². The van der Waals surface area contributed by atoms with E-state index in [0.717, 1.165) is 44.9 Å². The Morgan fingerprint density at radius 3 is 1.78 bits per heavy atom. The van der Waals surface area contributed by atoms with Gasteiger partial charge in [0.2, 0.25) is 0 Å². The van der Waals surface area contributed by atoms with Gasteiger partial charge in [-0.2, -0.15) is 0 Å². The second-order valence-electron chi connectivity index (χ2n) is 6.49. The Morgan fingerprint density at radius 2 is 1.30 bits per heavy atom. The summed E-state index contributed by atoms with van der Waals surface area (Å²) in [6.45, 7) is 3.68. The number of carboxylic acids is 1. The van der Waals surface area contributed by atoms with E-state index in [2.05, 4.69) is 6.92 Å². The third-order valence-electron chi connectivity index (χ3n) is 4.13. The van der Waals surface area contributed by atoms with Crippen molar-refractivity contribution in [1.82, 2.24) is 0 Å². The molecular formula is C19H36O4. The van der Waals surface area contributed by atoms with E-state index in [-0.39, 0.29) is 12.1 Å². The molecule has 0 aliphatic carbocycles. The maximum absolute atomic E-state index is 11.1. The first kappa shape index (κ1) is 21.9. The van der Waals surface area contributed by atoms with Gasteiger partial charge < -0.3 is 9.84 Å². The summed E-state index contributed by atoms with van der Waals surface area (Å²) in [7, 11) is 0. The predicted molar refractivity (Wildman–Crippen MR) is 93.5 cm³/mol. The largest absolute Gasteiger partial charge is 0.481 e. The summed E-state index contributed by atoms with van der Waals surface area (Å²) < 4.78 is 5.40. The molecule has 0 aromatic carbocycles. The normalized spacial score (nSPS) is 12.1. The minimum absolute atomic E-state index is 0.107. The van der Waals surface area contributed by atoms with Crippen LogP contribution in [0.5, 0.6) is 0 Å². The fourth-order valence-corrected chi connectivity index (χ4v) is 2.83. The first-order valence-corrected chi connectivity index (χ1v) is 9.45. The van der Waals surface area contributed by atoms with Crippen LogP contribution >= 0.6 is 0 Å². The second-order valence-corrected chi connectivity index (χ2v) is 6.49. The molecule has 4 heteroatoms. The Morgan fingerprint density at radius 1 is 0.826 bits per heavy atom. The molecule has 0 heterocycles. The zero-order valence-corrected chi connectivity index (χ0v) is 15.1. The highest BCUT2D eigenvalue weighted by Crippen LogP contribution is 2.16. The molecule has 0 aliphatic rings. The summed E-state index contributed by atoms with van der Waals surface area (Å²) in [5.41, 5.74) is 0. The molecule has 0 saturated heterocycles. The molecule has 0 fully saturated rings. The lowest BCUT2D eigenvalue weighted by molar-refractivity contribution is -0.147. The van der Waals surface area contributed by atoms with E-state index >= 15 is 0 Å². The maximum atomic E-state index is 11.1. The lowest BCUT2D eigenvalue weighted by Crippen LogP contribution is -2.16. The number of esters is 1. The van der Waals surface area contributed by atoms with Crippen molar-refractivity contribution < 1.29 is 19.4 Å². The lowest BCUT2D eigenvalue weighted by Gasteiger charge is -2.16. The van der Waals surface area contributed by atoms with E-state index < -0.39 is 5.97 Å². The molecule has 0 amide bonds. The second kappa shape index (κ2) is 15.8. The minimum Gasteiger partial charge on any atom is -0.481 e. The Hall–Kier alpha value is -1.06. The number of unbranched alkanes of at least 4 members (excludes halogenated alkanes) is 9. The Bertz CT molecular complexity index is 302. The number of ether oxygens (including phenoxy) is 1. The van der Waals surface area contributed by atoms with Gasteiger partial charge in [0, 0.05) is 13.3 Å². The van der Waals surface area contributed by atoms with Crippen LogP contribution in [-0.2, 0) is 14.3 Å². The SMILES string of the molecule is CCCCCC(CCCCCCCCCCC(=O)O)OC(C)=O. The number of carbonyl (C=O) groups is 2. The smallest absolute Gasteiger partial charge is 0.303 e. The molecule has 0 aromatic rings. The number of aliphatic carboxylic acids is 1. The van der Waals surface area contributed by atoms with E-state index in [1.807, 2.05) is 0 Å². The molecular weight excluding hydrogens is 292 g/mol. The van der Waals surface area contributed by atoms with E-state index in [4.69, 9.17) is 9.84 Å². The van der Waals surface area contributed by atoms with Crippen molar-refractivity contribution in [2.24, 2.45) is 0 Å². The van der Waals surface area contributed by atoms with Crippen LogP contribution in [0.2, 0.25) is 0 Å². The van der Waals surface area contributed by atoms with Crippen LogP contribution in [-0.4, -0.2) is 23.1 Å². The van der Waals surface area contributed by atoms with Gasteiger partial charge in [-0.25, -0.2) is 0 Å². The molecule has 0 radical (unpaired) electrons. The molecule has 136 valence electrons. The van der Waals surface area contributed by atoms with E-state index in [9.17, 15) is 9.59 Å². The van der Waals surface area contributed by atoms with Crippen LogP contribution in [0, 0.1) is 0 Å². The van der Waals surface area contributed by atoms with Crippen molar-refractivity contribution in [3.8, 4) is 0 Å². The van der Waals surface area contributed by atoms with Crippen LogP contribution < -0.4 is 0 Å². The van der Waals surface area contributed by atoms with Crippen molar-refractivity contribution in [2.45, 2.75) is 110 Å². The van der Waals surface area contributed by atoms with Crippen LogP contribution in [0.1, 0.15) is 104 Å². The van der Waals surface area contributed by atoms with Gasteiger partial charge in [0.25, 0.3) is 0 Å². The fourth-order valence-electron chi connectivity index (χ4n) is 2.83. The zero-order chi connectivity index (χ0) is 17.3. The fraction of sp³-hybridized carbons (Fsp3) is 0.895. The standard InChI is InChI=1S/C19H36O4/c1-3-4-11-14-18(23-17(2)20)15-12-9-7-5-6-8-10-13-16-19(21)22/h18H,3-16H2,1-2H3,(H,21,22). The van der Waals surface area contributed by atoms with Gasteiger partial charge in [0.1, 0.15) is 6.10 Å². The van der Waals surface area contributed by atoms with Crippen molar-refractivity contribution in [1.29, 1.82) is 0 Å². The third-order valence-corrected chi connectivity index (χ3v) is 4.13. The molecule has 1 N–H and O–H groups in total. The average Bonchev–Trinajstić information content (AvgIpc) is 2.48. The minimum atomic E-state index is -0.689. The number of hydrogen-bond donors (Lipinski definition) is 1. The highest BCUT2D eigenvalue weighted by Gasteiger charge is 2.11. The Labute approximate surface area is 142 Å². The monoisotopic (exact) mass is 328 g/mol. The first-order chi connectivity index (χ1) is 11.1. The highest BCUT2D eigenvalue weighted by atomic mass is 16.5. The average molecular weight is 328 g/mol. The van der Waals surface area contributed by atoms with Gasteiger partial charge >= 0.3 is 11.9 Å². The van der Waals surface area contributed by atoms with Crippen LogP contribution in [0.15, 0.2) is 0 Å². The van der Waals surface area contributed by atoms with Gasteiger partial charge in [-0.15, -0.1) is 0 Å². The summed E-state index contributed by atoms with van der Waals surface area (Å²) in [4.78, 5) is 21.5. The van der Waals surface area contributed by atoms with Gasteiger partial charge in [-0.3, -0.25) is 9.59 Å². The molecule has 0 bridgehead atoms.